The van der Waals surface area contributed by atoms with Crippen LogP contribution in [-0.2, 0) is 9.53 Å². The Balaban J connectivity index is 1.78. The number of hydrogen-bond donors (Lipinski definition) is 1. The van der Waals surface area contributed by atoms with E-state index in [1.54, 1.807) is 30.3 Å². The maximum absolute atomic E-state index is 12.3. The smallest absolute Gasteiger partial charge is 0.375 e. The molecule has 1 aliphatic carbocycles. The predicted octanol–water partition coefficient (Wildman–Crippen LogP) is 3.22. The Hall–Kier alpha value is -2.08. The van der Waals surface area contributed by atoms with Gasteiger partial charge in [0, 0.05) is 11.6 Å². The lowest BCUT2D eigenvalue weighted by molar-refractivity contribution is -0.130. The molecule has 1 saturated carbocycles. The van der Waals surface area contributed by atoms with Crippen molar-refractivity contribution in [3.63, 3.8) is 0 Å². The molecule has 1 aliphatic rings. The van der Waals surface area contributed by atoms with Gasteiger partial charge in [-0.05, 0) is 40.9 Å². The number of carbonyl (C=O) groups is 2. The predicted molar refractivity (Wildman–Crippen MR) is 82.2 cm³/mol. The van der Waals surface area contributed by atoms with Crippen molar-refractivity contribution in [2.45, 2.75) is 25.0 Å². The highest BCUT2D eigenvalue weighted by Crippen LogP contribution is 2.24. The van der Waals surface area contributed by atoms with Crippen molar-refractivity contribution in [3.05, 3.63) is 58.5 Å². The van der Waals surface area contributed by atoms with Crippen LogP contribution >= 0.6 is 15.9 Å². The molecule has 1 N–H and O–H groups in total. The van der Waals surface area contributed by atoms with Crippen molar-refractivity contribution in [3.8, 4) is 0 Å². The third-order valence-corrected chi connectivity index (χ3v) is 3.69. The van der Waals surface area contributed by atoms with Gasteiger partial charge in [0.05, 0.1) is 0 Å². The van der Waals surface area contributed by atoms with Gasteiger partial charge in [0.15, 0.2) is 4.67 Å². The van der Waals surface area contributed by atoms with Crippen LogP contribution < -0.4 is 5.32 Å². The van der Waals surface area contributed by atoms with Gasteiger partial charge in [-0.2, -0.15) is 0 Å². The summed E-state index contributed by atoms with van der Waals surface area (Å²) >= 11 is 3.13. The second kappa shape index (κ2) is 6.36. The Kier molecular flexibility index (Phi) is 4.29. The molecule has 0 unspecified atom stereocenters. The van der Waals surface area contributed by atoms with Crippen LogP contribution in [0.4, 0.5) is 0 Å². The first-order valence-corrected chi connectivity index (χ1v) is 7.74. The first kappa shape index (κ1) is 14.8. The number of esters is 1. The molecule has 5 nitrogen and oxygen atoms in total. The normalized spacial score (nSPS) is 15.1. The maximum atomic E-state index is 12.3. The Morgan fingerprint density at radius 3 is 2.50 bits per heavy atom. The van der Waals surface area contributed by atoms with Crippen molar-refractivity contribution in [1.29, 1.82) is 0 Å². The lowest BCUT2D eigenvalue weighted by atomic mass is 10.1. The number of halogens is 1. The molecule has 1 atom stereocenters. The molecule has 1 amide bonds. The quantitative estimate of drug-likeness (QED) is 0.828. The molecular weight excluding hydrogens is 350 g/mol. The highest BCUT2D eigenvalue weighted by Gasteiger charge is 2.31. The van der Waals surface area contributed by atoms with Gasteiger partial charge in [0.1, 0.15) is 0 Å². The van der Waals surface area contributed by atoms with Crippen LogP contribution in [0, 0.1) is 0 Å². The second-order valence-corrected chi connectivity index (χ2v) is 5.86. The minimum absolute atomic E-state index is 0.0482. The monoisotopic (exact) mass is 363 g/mol. The zero-order chi connectivity index (χ0) is 15.5. The molecule has 1 aromatic heterocycles. The number of benzene rings is 1. The number of rotatable bonds is 5. The molecule has 1 aromatic carbocycles. The topological polar surface area (TPSA) is 68.5 Å². The summed E-state index contributed by atoms with van der Waals surface area (Å²) in [6, 6.07) is 12.2. The summed E-state index contributed by atoms with van der Waals surface area (Å²) in [6.45, 7) is 0. The lowest BCUT2D eigenvalue weighted by Crippen LogP contribution is -2.33. The molecule has 0 aliphatic heterocycles. The highest BCUT2D eigenvalue weighted by molar-refractivity contribution is 9.10. The van der Waals surface area contributed by atoms with E-state index in [-0.39, 0.29) is 17.7 Å². The van der Waals surface area contributed by atoms with E-state index in [1.807, 2.05) is 6.07 Å². The molecule has 0 spiro atoms. The van der Waals surface area contributed by atoms with E-state index in [1.165, 1.54) is 6.07 Å². The van der Waals surface area contributed by atoms with Gasteiger partial charge in [-0.3, -0.25) is 4.79 Å². The third-order valence-electron chi connectivity index (χ3n) is 3.26. The van der Waals surface area contributed by atoms with E-state index < -0.39 is 12.1 Å². The largest absolute Gasteiger partial charge is 0.442 e. The van der Waals surface area contributed by atoms with E-state index >= 15 is 0 Å². The Morgan fingerprint density at radius 2 is 1.91 bits per heavy atom. The van der Waals surface area contributed by atoms with Crippen molar-refractivity contribution in [1.82, 2.24) is 5.32 Å². The molecule has 0 radical (unpaired) electrons. The Morgan fingerprint density at radius 1 is 1.18 bits per heavy atom. The summed E-state index contributed by atoms with van der Waals surface area (Å²) in [4.78, 5) is 24.5. The van der Waals surface area contributed by atoms with Gasteiger partial charge in [0.2, 0.25) is 11.9 Å². The molecule has 114 valence electrons. The summed E-state index contributed by atoms with van der Waals surface area (Å²) in [5, 5.41) is 2.86. The standard InChI is InChI=1S/C16H14BrNO4/c17-13-9-8-12(21-13)16(20)22-14(10-4-2-1-3-5-10)15(19)18-11-6-7-11/h1-5,8-9,11,14H,6-7H2,(H,18,19)/t14-/m0/s1. The van der Waals surface area contributed by atoms with Gasteiger partial charge >= 0.3 is 5.97 Å². The molecule has 22 heavy (non-hydrogen) atoms. The summed E-state index contributed by atoms with van der Waals surface area (Å²) in [7, 11) is 0. The van der Waals surface area contributed by atoms with E-state index in [9.17, 15) is 9.59 Å². The van der Waals surface area contributed by atoms with Crippen LogP contribution in [0.5, 0.6) is 0 Å². The first-order valence-electron chi connectivity index (χ1n) is 6.95. The van der Waals surface area contributed by atoms with Crippen molar-refractivity contribution in [2.24, 2.45) is 0 Å². The van der Waals surface area contributed by atoms with Crippen LogP contribution in [0.25, 0.3) is 0 Å². The Bertz CT molecular complexity index is 678. The molecule has 0 bridgehead atoms. The second-order valence-electron chi connectivity index (χ2n) is 5.08. The van der Waals surface area contributed by atoms with Crippen LogP contribution in [-0.4, -0.2) is 17.9 Å². The van der Waals surface area contributed by atoms with Crippen molar-refractivity contribution < 1.29 is 18.7 Å². The highest BCUT2D eigenvalue weighted by atomic mass is 79.9. The third kappa shape index (κ3) is 3.57. The fourth-order valence-electron chi connectivity index (χ4n) is 1.99. The van der Waals surface area contributed by atoms with Gasteiger partial charge < -0.3 is 14.5 Å². The maximum Gasteiger partial charge on any atom is 0.375 e. The van der Waals surface area contributed by atoms with E-state index in [0.717, 1.165) is 12.8 Å². The summed E-state index contributed by atoms with van der Waals surface area (Å²) in [6.07, 6.45) is 0.941. The minimum Gasteiger partial charge on any atom is -0.442 e. The van der Waals surface area contributed by atoms with Gasteiger partial charge in [0.25, 0.3) is 5.91 Å². The fraction of sp³-hybridized carbons (Fsp3) is 0.250. The molecule has 1 heterocycles. The number of amides is 1. The molecular formula is C16H14BrNO4. The zero-order valence-electron chi connectivity index (χ0n) is 11.6. The molecule has 2 aromatic rings. The minimum atomic E-state index is -0.988. The number of furan rings is 1. The summed E-state index contributed by atoms with van der Waals surface area (Å²) < 4.78 is 11.0. The molecule has 3 rings (SSSR count). The van der Waals surface area contributed by atoms with E-state index in [0.29, 0.717) is 10.2 Å². The zero-order valence-corrected chi connectivity index (χ0v) is 13.2. The lowest BCUT2D eigenvalue weighted by Gasteiger charge is -2.17. The van der Waals surface area contributed by atoms with Gasteiger partial charge in [-0.15, -0.1) is 0 Å². The van der Waals surface area contributed by atoms with E-state index in [2.05, 4.69) is 21.2 Å². The average molecular weight is 364 g/mol. The first-order chi connectivity index (χ1) is 10.6. The summed E-state index contributed by atoms with van der Waals surface area (Å²) in [5.41, 5.74) is 0.625. The van der Waals surface area contributed by atoms with Crippen LogP contribution in [0.15, 0.2) is 51.6 Å². The van der Waals surface area contributed by atoms with Gasteiger partial charge in [-0.1, -0.05) is 30.3 Å². The molecule has 6 heteroatoms. The number of carbonyl (C=O) groups excluding carboxylic acids is 2. The number of nitrogens with one attached hydrogen (secondary N) is 1. The summed E-state index contributed by atoms with van der Waals surface area (Å²) in [5.74, 6) is -0.940. The molecule has 1 fully saturated rings. The SMILES string of the molecule is O=C(O[C@H](C(=O)NC1CC1)c1ccccc1)c1ccc(Br)o1. The fourth-order valence-corrected chi connectivity index (χ4v) is 2.30. The van der Waals surface area contributed by atoms with Crippen LogP contribution in [0.3, 0.4) is 0 Å². The number of ether oxygens (including phenoxy) is 1. The van der Waals surface area contributed by atoms with E-state index in [4.69, 9.17) is 9.15 Å². The van der Waals surface area contributed by atoms with Gasteiger partial charge in [-0.25, -0.2) is 4.79 Å². The van der Waals surface area contributed by atoms with Crippen LogP contribution in [0.2, 0.25) is 0 Å². The average Bonchev–Trinajstić information content (AvgIpc) is 3.23. The van der Waals surface area contributed by atoms with Crippen LogP contribution in [0.1, 0.15) is 35.1 Å². The van der Waals surface area contributed by atoms with Crippen molar-refractivity contribution >= 4 is 27.8 Å². The molecule has 0 saturated heterocycles. The van der Waals surface area contributed by atoms with Crippen molar-refractivity contribution in [2.75, 3.05) is 0 Å². The number of hydrogen-bond acceptors (Lipinski definition) is 4. The Labute approximate surface area is 135 Å².